The number of rotatable bonds is 5. The van der Waals surface area contributed by atoms with E-state index in [2.05, 4.69) is 33.7 Å². The summed E-state index contributed by atoms with van der Waals surface area (Å²) in [6.45, 7) is 5.62. The summed E-state index contributed by atoms with van der Waals surface area (Å²) in [7, 11) is 2.03. The van der Waals surface area contributed by atoms with Crippen LogP contribution in [-0.4, -0.2) is 34.4 Å². The quantitative estimate of drug-likeness (QED) is 0.848. The van der Waals surface area contributed by atoms with Crippen LogP contribution in [0.1, 0.15) is 29.8 Å². The normalized spacial score (nSPS) is 19.2. The number of aromatic nitrogens is 2. The van der Waals surface area contributed by atoms with Crippen molar-refractivity contribution in [3.05, 3.63) is 39.8 Å². The van der Waals surface area contributed by atoms with Crippen LogP contribution < -0.4 is 0 Å². The third-order valence-corrected chi connectivity index (χ3v) is 4.67. The highest BCUT2D eigenvalue weighted by atomic mass is 32.1. The first kappa shape index (κ1) is 13.8. The Morgan fingerprint density at radius 1 is 1.50 bits per heavy atom. The van der Waals surface area contributed by atoms with Crippen molar-refractivity contribution in [3.8, 4) is 0 Å². The zero-order chi connectivity index (χ0) is 13.9. The van der Waals surface area contributed by atoms with E-state index in [4.69, 9.17) is 4.74 Å². The monoisotopic (exact) mass is 291 g/mol. The second kappa shape index (κ2) is 6.08. The lowest BCUT2D eigenvalue weighted by molar-refractivity contribution is 0.0519. The van der Waals surface area contributed by atoms with E-state index in [9.17, 15) is 0 Å². The summed E-state index contributed by atoms with van der Waals surface area (Å²) in [5, 5.41) is 8.80. The van der Waals surface area contributed by atoms with Crippen molar-refractivity contribution in [2.45, 2.75) is 25.9 Å². The molecule has 0 aromatic carbocycles. The molecule has 1 aliphatic heterocycles. The van der Waals surface area contributed by atoms with Gasteiger partial charge in [-0.3, -0.25) is 9.58 Å². The van der Waals surface area contributed by atoms with Crippen molar-refractivity contribution in [3.63, 3.8) is 0 Å². The Morgan fingerprint density at radius 3 is 3.15 bits per heavy atom. The van der Waals surface area contributed by atoms with E-state index in [1.54, 1.807) is 11.3 Å². The van der Waals surface area contributed by atoms with Gasteiger partial charge in [-0.05, 0) is 41.3 Å². The predicted octanol–water partition coefficient (Wildman–Crippen LogP) is 2.62. The Hall–Kier alpha value is -1.17. The van der Waals surface area contributed by atoms with Crippen molar-refractivity contribution in [1.29, 1.82) is 0 Å². The van der Waals surface area contributed by atoms with Crippen LogP contribution in [0.5, 0.6) is 0 Å². The number of fused-ring (bicyclic) bond motifs is 1. The Bertz CT molecular complexity index is 549. The summed E-state index contributed by atoms with van der Waals surface area (Å²) < 4.78 is 7.74. The molecule has 0 radical (unpaired) electrons. The summed E-state index contributed by atoms with van der Waals surface area (Å²) in [4.78, 5) is 2.52. The van der Waals surface area contributed by atoms with E-state index in [1.807, 2.05) is 17.9 Å². The van der Waals surface area contributed by atoms with E-state index < -0.39 is 0 Å². The molecule has 1 aliphatic rings. The topological polar surface area (TPSA) is 30.3 Å². The van der Waals surface area contributed by atoms with Gasteiger partial charge < -0.3 is 4.74 Å². The molecule has 0 aliphatic carbocycles. The van der Waals surface area contributed by atoms with Gasteiger partial charge >= 0.3 is 0 Å². The van der Waals surface area contributed by atoms with Gasteiger partial charge in [-0.1, -0.05) is 0 Å². The number of nitrogens with zero attached hydrogens (tertiary/aromatic N) is 3. The molecule has 20 heavy (non-hydrogen) atoms. The SMILES string of the molecule is CCOCC1c2c(cnn2C)CCN1Cc1ccsc1. The molecule has 1 atom stereocenters. The predicted molar refractivity (Wildman–Crippen MR) is 80.9 cm³/mol. The highest BCUT2D eigenvalue weighted by Crippen LogP contribution is 2.31. The van der Waals surface area contributed by atoms with Crippen molar-refractivity contribution in [2.75, 3.05) is 19.8 Å². The lowest BCUT2D eigenvalue weighted by Crippen LogP contribution is -2.38. The maximum Gasteiger partial charge on any atom is 0.0760 e. The second-order valence-electron chi connectivity index (χ2n) is 5.21. The average molecular weight is 291 g/mol. The Morgan fingerprint density at radius 2 is 2.40 bits per heavy atom. The summed E-state index contributed by atoms with van der Waals surface area (Å²) in [6, 6.07) is 2.52. The summed E-state index contributed by atoms with van der Waals surface area (Å²) in [5.41, 5.74) is 4.08. The van der Waals surface area contributed by atoms with Gasteiger partial charge in [0.05, 0.1) is 24.5 Å². The number of aryl methyl sites for hydroxylation is 1. The first-order chi connectivity index (χ1) is 9.79. The molecule has 0 spiro atoms. The first-order valence-corrected chi connectivity index (χ1v) is 8.07. The fraction of sp³-hybridized carbons (Fsp3) is 0.533. The maximum absolute atomic E-state index is 5.72. The molecule has 0 saturated heterocycles. The largest absolute Gasteiger partial charge is 0.380 e. The summed E-state index contributed by atoms with van der Waals surface area (Å²) >= 11 is 1.76. The van der Waals surface area contributed by atoms with Gasteiger partial charge in [0.15, 0.2) is 0 Å². The highest BCUT2D eigenvalue weighted by molar-refractivity contribution is 7.07. The van der Waals surface area contributed by atoms with Crippen LogP contribution in [-0.2, 0) is 24.8 Å². The van der Waals surface area contributed by atoms with E-state index >= 15 is 0 Å². The molecule has 2 aromatic heterocycles. The standard InChI is InChI=1S/C15H21N3OS/c1-3-19-10-14-15-13(8-16-17(15)2)4-6-18(14)9-12-5-7-20-11-12/h5,7-8,11,14H,3-4,6,9-10H2,1-2H3. The van der Waals surface area contributed by atoms with Crippen LogP contribution in [0.15, 0.2) is 23.0 Å². The number of thiophene rings is 1. The minimum atomic E-state index is 0.311. The zero-order valence-corrected chi connectivity index (χ0v) is 12.9. The van der Waals surface area contributed by atoms with Crippen LogP contribution in [0.4, 0.5) is 0 Å². The first-order valence-electron chi connectivity index (χ1n) is 7.13. The molecule has 0 fully saturated rings. The third-order valence-electron chi connectivity index (χ3n) is 3.93. The summed E-state index contributed by atoms with van der Waals surface area (Å²) in [6.07, 6.45) is 3.09. The van der Waals surface area contributed by atoms with E-state index in [-0.39, 0.29) is 0 Å². The molecule has 4 nitrogen and oxygen atoms in total. The fourth-order valence-electron chi connectivity index (χ4n) is 2.93. The molecule has 5 heteroatoms. The molecule has 108 valence electrons. The second-order valence-corrected chi connectivity index (χ2v) is 5.99. The smallest absolute Gasteiger partial charge is 0.0760 e. The third kappa shape index (κ3) is 2.66. The van der Waals surface area contributed by atoms with E-state index in [1.165, 1.54) is 16.8 Å². The molecule has 0 saturated carbocycles. The van der Waals surface area contributed by atoms with Crippen molar-refractivity contribution in [1.82, 2.24) is 14.7 Å². The van der Waals surface area contributed by atoms with Gasteiger partial charge in [0.2, 0.25) is 0 Å². The maximum atomic E-state index is 5.72. The van der Waals surface area contributed by atoms with Gasteiger partial charge in [-0.2, -0.15) is 16.4 Å². The number of ether oxygens (including phenoxy) is 1. The minimum Gasteiger partial charge on any atom is -0.380 e. The Labute approximate surface area is 124 Å². The van der Waals surface area contributed by atoms with Crippen LogP contribution >= 0.6 is 11.3 Å². The van der Waals surface area contributed by atoms with Gasteiger partial charge in [0, 0.05) is 26.7 Å². The Balaban J connectivity index is 1.84. The van der Waals surface area contributed by atoms with Crippen molar-refractivity contribution < 1.29 is 4.74 Å². The molecule has 3 rings (SSSR count). The van der Waals surface area contributed by atoms with Crippen molar-refractivity contribution >= 4 is 11.3 Å². The molecule has 0 N–H and O–H groups in total. The van der Waals surface area contributed by atoms with Gasteiger partial charge in [-0.25, -0.2) is 0 Å². The van der Waals surface area contributed by atoms with Gasteiger partial charge in [0.25, 0.3) is 0 Å². The molecule has 3 heterocycles. The van der Waals surface area contributed by atoms with E-state index in [0.717, 1.165) is 32.7 Å². The highest BCUT2D eigenvalue weighted by Gasteiger charge is 2.30. The summed E-state index contributed by atoms with van der Waals surface area (Å²) in [5.74, 6) is 0. The minimum absolute atomic E-state index is 0.311. The lowest BCUT2D eigenvalue weighted by atomic mass is 9.99. The zero-order valence-electron chi connectivity index (χ0n) is 12.1. The molecule has 0 bridgehead atoms. The lowest BCUT2D eigenvalue weighted by Gasteiger charge is -2.35. The number of hydrogen-bond acceptors (Lipinski definition) is 4. The Kier molecular flexibility index (Phi) is 4.19. The van der Waals surface area contributed by atoms with Gasteiger partial charge in [0.1, 0.15) is 0 Å². The molecular weight excluding hydrogens is 270 g/mol. The van der Waals surface area contributed by atoms with Gasteiger partial charge in [-0.15, -0.1) is 0 Å². The van der Waals surface area contributed by atoms with Crippen LogP contribution in [0.25, 0.3) is 0 Å². The van der Waals surface area contributed by atoms with Crippen molar-refractivity contribution in [2.24, 2.45) is 7.05 Å². The average Bonchev–Trinajstić information content (AvgIpc) is 3.08. The van der Waals surface area contributed by atoms with Crippen LogP contribution in [0, 0.1) is 0 Å². The molecule has 0 amide bonds. The number of hydrogen-bond donors (Lipinski definition) is 0. The fourth-order valence-corrected chi connectivity index (χ4v) is 3.59. The molecular formula is C15H21N3OS. The van der Waals surface area contributed by atoms with Crippen LogP contribution in [0.2, 0.25) is 0 Å². The van der Waals surface area contributed by atoms with E-state index in [0.29, 0.717) is 6.04 Å². The van der Waals surface area contributed by atoms with Crippen LogP contribution in [0.3, 0.4) is 0 Å². The molecule has 1 unspecified atom stereocenters. The molecule has 2 aromatic rings.